The normalized spacial score (nSPS) is 10.5. The molecule has 7 nitrogen and oxygen atoms in total. The van der Waals surface area contributed by atoms with Crippen molar-refractivity contribution in [1.29, 1.82) is 0 Å². The number of aromatic nitrogens is 2. The first-order chi connectivity index (χ1) is 10.9. The molecule has 0 aliphatic heterocycles. The van der Waals surface area contributed by atoms with E-state index in [4.69, 9.17) is 21.7 Å². The first kappa shape index (κ1) is 19.2. The number of anilines is 1. The molecule has 0 aliphatic rings. The van der Waals surface area contributed by atoms with Gasteiger partial charge in [0.2, 0.25) is 5.95 Å². The number of thiocarbonyl (C=S) groups is 1. The van der Waals surface area contributed by atoms with Crippen LogP contribution in [-0.4, -0.2) is 46.9 Å². The quantitative estimate of drug-likeness (QED) is 0.423. The van der Waals surface area contributed by atoms with Gasteiger partial charge < -0.3 is 20.1 Å². The highest BCUT2D eigenvalue weighted by molar-refractivity contribution is 7.80. The van der Waals surface area contributed by atoms with Crippen molar-refractivity contribution < 1.29 is 14.3 Å². The fourth-order valence-electron chi connectivity index (χ4n) is 1.68. The molecule has 0 atom stereocenters. The fourth-order valence-corrected chi connectivity index (χ4v) is 1.87. The third-order valence-electron chi connectivity index (χ3n) is 2.76. The predicted molar refractivity (Wildman–Crippen MR) is 92.7 cm³/mol. The van der Waals surface area contributed by atoms with Gasteiger partial charge in [0.15, 0.2) is 5.11 Å². The molecule has 1 aromatic heterocycles. The van der Waals surface area contributed by atoms with Crippen LogP contribution in [0.25, 0.3) is 0 Å². The van der Waals surface area contributed by atoms with E-state index in [1.165, 1.54) is 6.20 Å². The van der Waals surface area contributed by atoms with Gasteiger partial charge >= 0.3 is 5.97 Å². The summed E-state index contributed by atoms with van der Waals surface area (Å²) in [5, 5.41) is 6.36. The number of ether oxygens (including phenoxy) is 2. The highest BCUT2D eigenvalue weighted by atomic mass is 32.1. The minimum atomic E-state index is -0.428. The zero-order valence-corrected chi connectivity index (χ0v) is 14.8. The smallest absolute Gasteiger partial charge is 0.341 e. The van der Waals surface area contributed by atoms with E-state index in [1.807, 2.05) is 13.8 Å². The van der Waals surface area contributed by atoms with E-state index < -0.39 is 5.97 Å². The number of hydrogen-bond donors (Lipinski definition) is 2. The van der Waals surface area contributed by atoms with Crippen LogP contribution < -0.4 is 10.6 Å². The maximum absolute atomic E-state index is 11.7. The molecule has 128 valence electrons. The second kappa shape index (κ2) is 10.1. The molecule has 23 heavy (non-hydrogen) atoms. The Morgan fingerprint density at radius 3 is 2.78 bits per heavy atom. The van der Waals surface area contributed by atoms with E-state index in [-0.39, 0.29) is 6.10 Å². The standard InChI is InChI=1S/C15H24N4O3S/c1-5-21-13(20)12-9-17-14(18-11(12)4)19-15(23)16-7-6-8-22-10(2)3/h9-10H,5-8H2,1-4H3,(H2,16,17,18,19,23). The van der Waals surface area contributed by atoms with Gasteiger partial charge in [0.05, 0.1) is 24.0 Å². The van der Waals surface area contributed by atoms with Crippen LogP contribution in [0.2, 0.25) is 0 Å². The average molecular weight is 340 g/mol. The molecule has 8 heteroatoms. The van der Waals surface area contributed by atoms with Crippen LogP contribution in [0.5, 0.6) is 0 Å². The molecule has 0 fully saturated rings. The van der Waals surface area contributed by atoms with E-state index in [1.54, 1.807) is 13.8 Å². The van der Waals surface area contributed by atoms with Crippen molar-refractivity contribution >= 4 is 29.2 Å². The van der Waals surface area contributed by atoms with Crippen LogP contribution in [0.1, 0.15) is 43.2 Å². The molecule has 0 amide bonds. The summed E-state index contributed by atoms with van der Waals surface area (Å²) < 4.78 is 10.4. The van der Waals surface area contributed by atoms with Crippen molar-refractivity contribution in [3.63, 3.8) is 0 Å². The Hall–Kier alpha value is -1.80. The van der Waals surface area contributed by atoms with E-state index >= 15 is 0 Å². The number of esters is 1. The zero-order chi connectivity index (χ0) is 17.2. The van der Waals surface area contributed by atoms with Gasteiger partial charge in [-0.05, 0) is 46.3 Å². The van der Waals surface area contributed by atoms with Crippen LogP contribution in [0.4, 0.5) is 5.95 Å². The number of nitrogens with one attached hydrogen (secondary N) is 2. The summed E-state index contributed by atoms with van der Waals surface area (Å²) in [7, 11) is 0. The number of carbonyl (C=O) groups is 1. The monoisotopic (exact) mass is 340 g/mol. The lowest BCUT2D eigenvalue weighted by Crippen LogP contribution is -2.30. The maximum Gasteiger partial charge on any atom is 0.341 e. The van der Waals surface area contributed by atoms with Gasteiger partial charge in [-0.3, -0.25) is 0 Å². The zero-order valence-electron chi connectivity index (χ0n) is 14.0. The first-order valence-electron chi connectivity index (χ1n) is 7.61. The molecule has 0 saturated heterocycles. The lowest BCUT2D eigenvalue weighted by molar-refractivity contribution is 0.0524. The van der Waals surface area contributed by atoms with E-state index in [2.05, 4.69) is 20.6 Å². The lowest BCUT2D eigenvalue weighted by atomic mass is 10.2. The van der Waals surface area contributed by atoms with Crippen molar-refractivity contribution in [3.05, 3.63) is 17.5 Å². The molecule has 1 aromatic rings. The first-order valence-corrected chi connectivity index (χ1v) is 8.02. The van der Waals surface area contributed by atoms with Crippen LogP contribution in [0.15, 0.2) is 6.20 Å². The molecule has 0 aliphatic carbocycles. The average Bonchev–Trinajstić information content (AvgIpc) is 2.46. The Morgan fingerprint density at radius 1 is 1.43 bits per heavy atom. The number of hydrogen-bond acceptors (Lipinski definition) is 6. The third kappa shape index (κ3) is 7.34. The molecule has 0 spiro atoms. The number of carbonyl (C=O) groups excluding carboxylic acids is 1. The van der Waals surface area contributed by atoms with E-state index in [0.717, 1.165) is 6.42 Å². The summed E-state index contributed by atoms with van der Waals surface area (Å²) in [5.74, 6) is -0.0890. The van der Waals surface area contributed by atoms with Crippen molar-refractivity contribution in [2.45, 2.75) is 40.2 Å². The van der Waals surface area contributed by atoms with Crippen molar-refractivity contribution in [2.75, 3.05) is 25.1 Å². The van der Waals surface area contributed by atoms with Gasteiger partial charge in [-0.15, -0.1) is 0 Å². The molecular weight excluding hydrogens is 316 g/mol. The van der Waals surface area contributed by atoms with Crippen LogP contribution in [0, 0.1) is 6.92 Å². The second-order valence-electron chi connectivity index (χ2n) is 5.07. The predicted octanol–water partition coefficient (Wildman–Crippen LogP) is 2.06. The minimum Gasteiger partial charge on any atom is -0.462 e. The summed E-state index contributed by atoms with van der Waals surface area (Å²) in [6, 6.07) is 0. The summed E-state index contributed by atoms with van der Waals surface area (Å²) in [5.41, 5.74) is 0.885. The Balaban J connectivity index is 2.43. The molecular formula is C15H24N4O3S. The Morgan fingerprint density at radius 2 is 2.17 bits per heavy atom. The highest BCUT2D eigenvalue weighted by Crippen LogP contribution is 2.08. The second-order valence-corrected chi connectivity index (χ2v) is 5.48. The minimum absolute atomic E-state index is 0.231. The summed E-state index contributed by atoms with van der Waals surface area (Å²) in [6.07, 6.45) is 2.51. The van der Waals surface area contributed by atoms with Gasteiger partial charge in [0.25, 0.3) is 0 Å². The lowest BCUT2D eigenvalue weighted by Gasteiger charge is -2.11. The molecule has 0 unspecified atom stereocenters. The summed E-state index contributed by atoms with van der Waals surface area (Å²) >= 11 is 5.17. The Labute approximate surface area is 142 Å². The molecule has 0 saturated carbocycles. The Kier molecular flexibility index (Phi) is 8.42. The molecule has 0 bridgehead atoms. The van der Waals surface area contributed by atoms with Gasteiger partial charge in [-0.2, -0.15) is 0 Å². The van der Waals surface area contributed by atoms with Gasteiger partial charge in [-0.1, -0.05) is 0 Å². The summed E-state index contributed by atoms with van der Waals surface area (Å²) in [4.78, 5) is 20.0. The van der Waals surface area contributed by atoms with Crippen LogP contribution in [0.3, 0.4) is 0 Å². The summed E-state index contributed by atoms with van der Waals surface area (Å²) in [6.45, 7) is 9.15. The molecule has 1 rings (SSSR count). The van der Waals surface area contributed by atoms with Crippen molar-refractivity contribution in [3.8, 4) is 0 Å². The number of nitrogens with zero attached hydrogens (tertiary/aromatic N) is 2. The maximum atomic E-state index is 11.7. The fraction of sp³-hybridized carbons (Fsp3) is 0.600. The van der Waals surface area contributed by atoms with Crippen molar-refractivity contribution in [2.24, 2.45) is 0 Å². The SMILES string of the molecule is CCOC(=O)c1cnc(NC(=S)NCCCOC(C)C)nc1C. The number of rotatable bonds is 8. The van der Waals surface area contributed by atoms with E-state index in [0.29, 0.717) is 42.1 Å². The van der Waals surface area contributed by atoms with Crippen LogP contribution >= 0.6 is 12.2 Å². The van der Waals surface area contributed by atoms with Gasteiger partial charge in [0, 0.05) is 19.3 Å². The third-order valence-corrected chi connectivity index (χ3v) is 3.00. The van der Waals surface area contributed by atoms with Gasteiger partial charge in [0.1, 0.15) is 0 Å². The Bertz CT molecular complexity index is 537. The molecule has 0 radical (unpaired) electrons. The molecule has 2 N–H and O–H groups in total. The number of aryl methyl sites for hydroxylation is 1. The molecule has 1 heterocycles. The van der Waals surface area contributed by atoms with Crippen LogP contribution in [-0.2, 0) is 9.47 Å². The highest BCUT2D eigenvalue weighted by Gasteiger charge is 2.13. The van der Waals surface area contributed by atoms with Gasteiger partial charge in [-0.25, -0.2) is 14.8 Å². The van der Waals surface area contributed by atoms with Crippen molar-refractivity contribution in [1.82, 2.24) is 15.3 Å². The van der Waals surface area contributed by atoms with E-state index in [9.17, 15) is 4.79 Å². The largest absolute Gasteiger partial charge is 0.462 e. The molecule has 0 aromatic carbocycles. The topological polar surface area (TPSA) is 85.4 Å².